The number of benzene rings is 1. The third kappa shape index (κ3) is 1.46. The molecule has 1 aromatic heterocycles. The number of hydrogen-bond acceptors (Lipinski definition) is 4. The molecule has 0 radical (unpaired) electrons. The molecule has 2 rings (SSSR count). The topological polar surface area (TPSA) is 43.1 Å². The molecule has 1 aromatic carbocycles. The van der Waals surface area contributed by atoms with Gasteiger partial charge in [-0.15, -0.1) is 12.6 Å². The van der Waals surface area contributed by atoms with Gasteiger partial charge in [0.2, 0.25) is 0 Å². The van der Waals surface area contributed by atoms with Crippen molar-refractivity contribution in [1.82, 2.24) is 0 Å². The molecule has 0 amide bonds. The van der Waals surface area contributed by atoms with Gasteiger partial charge >= 0.3 is 5.00 Å². The van der Waals surface area contributed by atoms with Gasteiger partial charge in [0.05, 0.1) is 9.62 Å². The molecule has 0 unspecified atom stereocenters. The zero-order valence-corrected chi connectivity index (χ0v) is 8.44. The van der Waals surface area contributed by atoms with Crippen LogP contribution in [0.1, 0.15) is 0 Å². The second-order valence-electron chi connectivity index (χ2n) is 2.69. The monoisotopic (exact) mass is 229 g/mol. The van der Waals surface area contributed by atoms with E-state index in [0.29, 0.717) is 15.0 Å². The van der Waals surface area contributed by atoms with Crippen LogP contribution in [0.4, 0.5) is 9.39 Å². The molecule has 0 aliphatic rings. The van der Waals surface area contributed by atoms with Crippen molar-refractivity contribution >= 4 is 39.1 Å². The first-order valence-electron chi connectivity index (χ1n) is 3.64. The summed E-state index contributed by atoms with van der Waals surface area (Å²) >= 11 is 4.82. The van der Waals surface area contributed by atoms with Crippen LogP contribution in [0.15, 0.2) is 23.1 Å². The first-order valence-corrected chi connectivity index (χ1v) is 4.91. The molecule has 3 nitrogen and oxygen atoms in total. The summed E-state index contributed by atoms with van der Waals surface area (Å²) in [5.41, 5.74) is 0. The molecule has 2 aromatic rings. The molecule has 1 heterocycles. The molecule has 0 saturated heterocycles. The van der Waals surface area contributed by atoms with Crippen LogP contribution in [-0.2, 0) is 0 Å². The average Bonchev–Trinajstić information content (AvgIpc) is 2.47. The quantitative estimate of drug-likeness (QED) is 0.463. The highest BCUT2D eigenvalue weighted by Crippen LogP contribution is 2.34. The highest BCUT2D eigenvalue weighted by Gasteiger charge is 2.14. The lowest BCUT2D eigenvalue weighted by Crippen LogP contribution is -1.80. The summed E-state index contributed by atoms with van der Waals surface area (Å²) in [6.45, 7) is 0. The van der Waals surface area contributed by atoms with Crippen LogP contribution in [0.25, 0.3) is 10.1 Å². The van der Waals surface area contributed by atoms with Gasteiger partial charge in [-0.05, 0) is 12.1 Å². The second kappa shape index (κ2) is 3.21. The van der Waals surface area contributed by atoms with E-state index in [0.717, 1.165) is 11.3 Å². The van der Waals surface area contributed by atoms with Crippen molar-refractivity contribution < 1.29 is 9.31 Å². The van der Waals surface area contributed by atoms with Gasteiger partial charge in [0.25, 0.3) is 0 Å². The lowest BCUT2D eigenvalue weighted by Gasteiger charge is -1.92. The predicted molar refractivity (Wildman–Crippen MR) is 55.7 cm³/mol. The summed E-state index contributed by atoms with van der Waals surface area (Å²) in [6.07, 6.45) is 0. The summed E-state index contributed by atoms with van der Waals surface area (Å²) in [4.78, 5) is 10.4. The number of nitro groups is 1. The van der Waals surface area contributed by atoms with Crippen molar-refractivity contribution in [2.24, 2.45) is 0 Å². The molecule has 0 saturated carbocycles. The fourth-order valence-electron chi connectivity index (χ4n) is 1.17. The maximum absolute atomic E-state index is 13.3. The van der Waals surface area contributed by atoms with Crippen molar-refractivity contribution in [1.29, 1.82) is 0 Å². The third-order valence-electron chi connectivity index (χ3n) is 1.72. The molecule has 0 N–H and O–H groups in total. The summed E-state index contributed by atoms with van der Waals surface area (Å²) < 4.78 is 13.6. The van der Waals surface area contributed by atoms with Crippen molar-refractivity contribution in [3.63, 3.8) is 0 Å². The Morgan fingerprint density at radius 3 is 2.79 bits per heavy atom. The van der Waals surface area contributed by atoms with E-state index >= 15 is 0 Å². The summed E-state index contributed by atoms with van der Waals surface area (Å²) in [7, 11) is 0. The molecule has 0 fully saturated rings. The lowest BCUT2D eigenvalue weighted by molar-refractivity contribution is -0.380. The number of fused-ring (bicyclic) bond motifs is 1. The molecule has 0 spiro atoms. The molecule has 0 atom stereocenters. The van der Waals surface area contributed by atoms with E-state index in [9.17, 15) is 14.5 Å². The maximum atomic E-state index is 13.3. The van der Waals surface area contributed by atoms with E-state index in [2.05, 4.69) is 12.6 Å². The van der Waals surface area contributed by atoms with Crippen molar-refractivity contribution in [3.05, 3.63) is 34.1 Å². The minimum Gasteiger partial charge on any atom is -0.258 e. The highest BCUT2D eigenvalue weighted by molar-refractivity contribution is 7.80. The van der Waals surface area contributed by atoms with Crippen LogP contribution < -0.4 is 0 Å². The molecule has 0 aliphatic carbocycles. The number of thiophene rings is 1. The molecule has 0 bridgehead atoms. The smallest absolute Gasteiger partial charge is 0.258 e. The largest absolute Gasteiger partial charge is 0.325 e. The van der Waals surface area contributed by atoms with Gasteiger partial charge in [0.15, 0.2) is 0 Å². The van der Waals surface area contributed by atoms with E-state index in [-0.39, 0.29) is 5.00 Å². The Balaban J connectivity index is 2.76. The number of rotatable bonds is 1. The van der Waals surface area contributed by atoms with Crippen LogP contribution >= 0.6 is 24.0 Å². The van der Waals surface area contributed by atoms with Gasteiger partial charge in [-0.1, -0.05) is 11.3 Å². The van der Waals surface area contributed by atoms with Crippen molar-refractivity contribution in [3.8, 4) is 0 Å². The molecule has 14 heavy (non-hydrogen) atoms. The van der Waals surface area contributed by atoms with E-state index in [4.69, 9.17) is 0 Å². The SMILES string of the molecule is O=[N+]([O-])c1cc2cc(S)cc(F)c2s1. The number of nitrogens with zero attached hydrogens (tertiary/aromatic N) is 1. The standard InChI is InChI=1S/C8H4FNO2S2/c9-6-3-5(13)1-4-2-7(10(11)12)14-8(4)6/h1-3,13H. The summed E-state index contributed by atoms with van der Waals surface area (Å²) in [6, 6.07) is 4.19. The minimum atomic E-state index is -0.525. The number of thiol groups is 1. The Kier molecular flexibility index (Phi) is 2.16. The Morgan fingerprint density at radius 1 is 1.43 bits per heavy atom. The summed E-state index contributed by atoms with van der Waals surface area (Å²) in [5.74, 6) is -0.467. The molecule has 6 heteroatoms. The molecular formula is C8H4FNO2S2. The van der Waals surface area contributed by atoms with Gasteiger partial charge in [0.1, 0.15) is 5.82 Å². The van der Waals surface area contributed by atoms with Crippen LogP contribution in [0, 0.1) is 15.9 Å². The maximum Gasteiger partial charge on any atom is 0.325 e. The molecule has 72 valence electrons. The zero-order valence-electron chi connectivity index (χ0n) is 6.73. The van der Waals surface area contributed by atoms with Crippen LogP contribution in [-0.4, -0.2) is 4.92 Å². The van der Waals surface area contributed by atoms with Gasteiger partial charge in [-0.3, -0.25) is 10.1 Å². The van der Waals surface area contributed by atoms with Crippen LogP contribution in [0.3, 0.4) is 0 Å². The highest BCUT2D eigenvalue weighted by atomic mass is 32.1. The normalized spacial score (nSPS) is 10.7. The summed E-state index contributed by atoms with van der Waals surface area (Å²) in [5, 5.41) is 10.9. The minimum absolute atomic E-state index is 0.0576. The van der Waals surface area contributed by atoms with Crippen molar-refractivity contribution in [2.45, 2.75) is 4.90 Å². The Labute approximate surface area is 87.7 Å². The molecular weight excluding hydrogens is 225 g/mol. The van der Waals surface area contributed by atoms with E-state index in [1.807, 2.05) is 0 Å². The van der Waals surface area contributed by atoms with E-state index in [1.54, 1.807) is 6.07 Å². The van der Waals surface area contributed by atoms with Gasteiger partial charge in [0, 0.05) is 16.3 Å². The van der Waals surface area contributed by atoms with Crippen molar-refractivity contribution in [2.75, 3.05) is 0 Å². The van der Waals surface area contributed by atoms with E-state index in [1.165, 1.54) is 12.1 Å². The lowest BCUT2D eigenvalue weighted by atomic mass is 10.2. The molecule has 0 aliphatic heterocycles. The zero-order chi connectivity index (χ0) is 10.3. The fourth-order valence-corrected chi connectivity index (χ4v) is 2.29. The second-order valence-corrected chi connectivity index (χ2v) is 4.23. The van der Waals surface area contributed by atoms with Crippen LogP contribution in [0.5, 0.6) is 0 Å². The predicted octanol–water partition coefficient (Wildman–Crippen LogP) is 3.24. The van der Waals surface area contributed by atoms with Crippen LogP contribution in [0.2, 0.25) is 0 Å². The Morgan fingerprint density at radius 2 is 2.14 bits per heavy atom. The average molecular weight is 229 g/mol. The Hall–Kier alpha value is -1.14. The first-order chi connectivity index (χ1) is 6.58. The Bertz CT molecular complexity index is 523. The number of hydrogen-bond donors (Lipinski definition) is 1. The first kappa shape index (κ1) is 9.42. The van der Waals surface area contributed by atoms with Gasteiger partial charge in [-0.25, -0.2) is 4.39 Å². The van der Waals surface area contributed by atoms with Gasteiger partial charge in [-0.2, -0.15) is 0 Å². The third-order valence-corrected chi connectivity index (χ3v) is 3.09. The number of halogens is 1. The van der Waals surface area contributed by atoms with E-state index < -0.39 is 10.7 Å². The fraction of sp³-hybridized carbons (Fsp3) is 0. The van der Waals surface area contributed by atoms with Gasteiger partial charge < -0.3 is 0 Å².